The summed E-state index contributed by atoms with van der Waals surface area (Å²) in [5.41, 5.74) is -3.72. The van der Waals surface area contributed by atoms with Crippen molar-refractivity contribution >= 4 is 82.5 Å². The first-order valence-electron chi connectivity index (χ1n) is 35.0. The molecule has 0 radical (unpaired) electrons. The number of nitrogens with one attached hydrogen (secondary N) is 3. The van der Waals surface area contributed by atoms with Gasteiger partial charge in [-0.15, -0.1) is 0 Å². The zero-order valence-corrected chi connectivity index (χ0v) is 61.5. The van der Waals surface area contributed by atoms with Gasteiger partial charge in [-0.05, 0) is 111 Å². The lowest BCUT2D eigenvalue weighted by Crippen LogP contribution is -2.65. The summed E-state index contributed by atoms with van der Waals surface area (Å²) in [6, 6.07) is -2.93. The van der Waals surface area contributed by atoms with Gasteiger partial charge in [0.1, 0.15) is 47.8 Å². The van der Waals surface area contributed by atoms with Crippen LogP contribution in [0.1, 0.15) is 147 Å². The van der Waals surface area contributed by atoms with Gasteiger partial charge in [0, 0.05) is 75.4 Å². The number of nitrogens with zero attached hydrogens (tertiary/aromatic N) is 9. The van der Waals surface area contributed by atoms with E-state index in [4.69, 9.17) is 11.6 Å². The summed E-state index contributed by atoms with van der Waals surface area (Å²) in [6.07, 6.45) is -7.40. The highest BCUT2D eigenvalue weighted by Crippen LogP contribution is 2.37. The van der Waals surface area contributed by atoms with E-state index in [0.29, 0.717) is 45.2 Å². The molecule has 8 atom stereocenters. The fourth-order valence-electron chi connectivity index (χ4n) is 13.9. The minimum Gasteiger partial charge on any atom is -0.343 e. The van der Waals surface area contributed by atoms with Crippen molar-refractivity contribution in [3.8, 4) is 0 Å². The van der Waals surface area contributed by atoms with Gasteiger partial charge in [-0.25, -0.2) is 0 Å². The Balaban J connectivity index is 1.45. The summed E-state index contributed by atoms with van der Waals surface area (Å²) in [5.74, 6) is -10.9. The minimum atomic E-state index is -4.83. The van der Waals surface area contributed by atoms with Crippen molar-refractivity contribution in [1.29, 1.82) is 0 Å². The van der Waals surface area contributed by atoms with Gasteiger partial charge in [-0.3, -0.25) is 57.5 Å². The first-order chi connectivity index (χ1) is 47.6. The number of likely N-dealkylation sites (tertiary alicyclic amines) is 1. The van der Waals surface area contributed by atoms with Crippen LogP contribution < -0.4 is 16.0 Å². The first-order valence-corrected chi connectivity index (χ1v) is 35.3. The predicted molar refractivity (Wildman–Crippen MR) is 366 cm³/mol. The number of alkyl halides is 6. The van der Waals surface area contributed by atoms with Gasteiger partial charge in [0.05, 0.1) is 42.2 Å². The molecule has 3 N–H and O–H groups in total. The molecule has 1 aliphatic carbocycles. The maximum absolute atomic E-state index is 15.4. The predicted octanol–water partition coefficient (Wildman–Crippen LogP) is 5.79. The molecule has 2 aromatic rings. The van der Waals surface area contributed by atoms with E-state index in [9.17, 15) is 69.5 Å². The number of amides is 12. The molecule has 4 aliphatic rings. The van der Waals surface area contributed by atoms with E-state index in [0.717, 1.165) is 81.4 Å². The van der Waals surface area contributed by atoms with Crippen molar-refractivity contribution in [2.45, 2.75) is 198 Å². The Morgan fingerprint density at radius 1 is 0.618 bits per heavy atom. The Labute approximate surface area is 598 Å². The summed E-state index contributed by atoms with van der Waals surface area (Å²) in [4.78, 5) is 188. The molecule has 1 spiro atoms. The Morgan fingerprint density at radius 2 is 1.24 bits per heavy atom. The molecular weight excluding hydrogens is 1360 g/mol. The molecule has 3 heterocycles. The largest absolute Gasteiger partial charge is 0.417 e. The molecule has 2 aromatic carbocycles. The Hall–Kier alpha value is -8.05. The van der Waals surface area contributed by atoms with Crippen LogP contribution in [0.5, 0.6) is 0 Å². The number of fused-ring (bicyclic) bond motifs is 1. The molecular formula is C71H101ClF6N12O12. The maximum atomic E-state index is 15.4. The van der Waals surface area contributed by atoms with Gasteiger partial charge in [-0.1, -0.05) is 96.7 Å². The second-order valence-corrected chi connectivity index (χ2v) is 29.1. The second-order valence-electron chi connectivity index (χ2n) is 28.7. The van der Waals surface area contributed by atoms with Gasteiger partial charge in [0.25, 0.3) is 0 Å². The Morgan fingerprint density at radius 3 is 1.82 bits per heavy atom. The third-order valence-electron chi connectivity index (χ3n) is 20.3. The van der Waals surface area contributed by atoms with Crippen LogP contribution in [-0.4, -0.2) is 251 Å². The number of hydrogen-bond acceptors (Lipinski definition) is 12. The van der Waals surface area contributed by atoms with Crippen LogP contribution in [0.25, 0.3) is 0 Å². The smallest absolute Gasteiger partial charge is 0.343 e. The molecule has 0 bridgehead atoms. The average Bonchev–Trinajstić information content (AvgIpc) is 1.46. The fourth-order valence-corrected chi connectivity index (χ4v) is 14.2. The first kappa shape index (κ1) is 82.9. The summed E-state index contributed by atoms with van der Waals surface area (Å²) < 4.78 is 83.9. The molecule has 0 aromatic heterocycles. The molecule has 31 heteroatoms. The highest BCUT2D eigenvalue weighted by Gasteiger charge is 2.51. The van der Waals surface area contributed by atoms with E-state index >= 15 is 14.4 Å². The number of carbonyl (C=O) groups excluding carboxylic acids is 12. The van der Waals surface area contributed by atoms with Gasteiger partial charge >= 0.3 is 12.4 Å². The van der Waals surface area contributed by atoms with Crippen LogP contribution in [-0.2, 0) is 82.7 Å². The number of aryl methyl sites for hydroxylation is 1. The lowest BCUT2D eigenvalue weighted by Gasteiger charge is -2.42. The third-order valence-corrected chi connectivity index (χ3v) is 20.6. The lowest BCUT2D eigenvalue weighted by molar-refractivity contribution is -0.156. The van der Waals surface area contributed by atoms with Crippen LogP contribution >= 0.6 is 11.6 Å². The number of benzene rings is 2. The monoisotopic (exact) mass is 1460 g/mol. The Kier molecular flexibility index (Phi) is 28.8. The van der Waals surface area contributed by atoms with Gasteiger partial charge < -0.3 is 60.0 Å². The quantitative estimate of drug-likeness (QED) is 0.226. The zero-order chi connectivity index (χ0) is 76.2. The molecule has 3 aliphatic heterocycles. The lowest BCUT2D eigenvalue weighted by atomic mass is 9.91. The zero-order valence-electron chi connectivity index (χ0n) is 60.7. The van der Waals surface area contributed by atoms with Gasteiger partial charge in [0.2, 0.25) is 70.9 Å². The maximum Gasteiger partial charge on any atom is 0.417 e. The van der Waals surface area contributed by atoms with E-state index in [1.54, 1.807) is 32.6 Å². The van der Waals surface area contributed by atoms with E-state index in [2.05, 4.69) is 16.0 Å². The second kappa shape index (κ2) is 35.4. The van der Waals surface area contributed by atoms with Crippen molar-refractivity contribution in [2.75, 3.05) is 88.6 Å². The standard InChI is InChI=1S/C71H101ClF6N12O12/c1-14-44(6)59-66(100)84(9)40-57(93)82(7)41-58(94)86(11)53(37-46-22-20-23-47(35-46)70(73,74)75)64(98)83(8)39-55(91)79-50(28-26-45-25-27-48(49(72)36-45)71(76,77)78)63(97)90-33-21-24-51(90)62(96)81-69(29-16-17-30-69)68(102)88(13)60(43(4)5)67(101)87(12)54(65(99)89-31-18-15-19-32-89)38-56(92)85(10)52(34-42(2)3)61(95)80-59/h20,22-23,25,27,35-36,42-44,50-54,59-60H,14-19,21,24,26,28-34,37-41H2,1-13H3,(H,79,91)(H,80,95)(H,81,96)/t44-,50-,51-,52-,53-,54-,59-,60-/m0/s1. The van der Waals surface area contributed by atoms with E-state index < -0.39 is 192 Å². The molecule has 6 rings (SSSR count). The SMILES string of the molecule is CC[C@H](C)[C@@H]1NC(=O)[C@H](CC(C)C)N(C)C(=O)C[C@@H](C(=O)N2CCCCC2)N(C)C(=O)[C@H](C(C)C)N(C)C(=O)C2(CCCC2)NC(=O)[C@@H]2CCCN2C(=O)[C@H](CCc2ccc(C(F)(F)F)c(Cl)c2)NC(=O)CN(C)C(=O)[C@H](Cc2cccc(C(F)(F)F)c2)N(C)C(=O)CN(C)C(=O)CN(C)C1=O. The van der Waals surface area contributed by atoms with Crippen molar-refractivity contribution in [1.82, 2.24) is 60.0 Å². The summed E-state index contributed by atoms with van der Waals surface area (Å²) >= 11 is 6.11. The molecule has 102 heavy (non-hydrogen) atoms. The van der Waals surface area contributed by atoms with E-state index in [-0.39, 0.29) is 68.5 Å². The minimum absolute atomic E-state index is 0.0576. The number of piperidine rings is 1. The van der Waals surface area contributed by atoms with Gasteiger partial charge in [-0.2, -0.15) is 26.3 Å². The highest BCUT2D eigenvalue weighted by atomic mass is 35.5. The molecule has 24 nitrogen and oxygen atoms in total. The van der Waals surface area contributed by atoms with Crippen LogP contribution in [0.2, 0.25) is 5.02 Å². The number of hydrogen-bond donors (Lipinski definition) is 3. The Bertz CT molecular complexity index is 3400. The van der Waals surface area contributed by atoms with Crippen molar-refractivity contribution in [3.63, 3.8) is 0 Å². The van der Waals surface area contributed by atoms with Gasteiger partial charge in [0.15, 0.2) is 0 Å². The van der Waals surface area contributed by atoms with Crippen LogP contribution in [0, 0.1) is 17.8 Å². The molecule has 0 unspecified atom stereocenters. The number of rotatable bonds is 11. The van der Waals surface area contributed by atoms with Crippen molar-refractivity contribution in [3.05, 3.63) is 69.7 Å². The third kappa shape index (κ3) is 20.6. The number of likely N-dealkylation sites (N-methyl/N-ethyl adjacent to an activating group) is 7. The summed E-state index contributed by atoms with van der Waals surface area (Å²) in [7, 11) is 9.00. The fraction of sp³-hybridized carbons (Fsp3) is 0.662. The molecule has 4 fully saturated rings. The molecule has 12 amide bonds. The summed E-state index contributed by atoms with van der Waals surface area (Å²) in [6.45, 7) is 8.80. The topological polar surface area (TPSA) is 270 Å². The highest BCUT2D eigenvalue weighted by molar-refractivity contribution is 6.31. The average molecular weight is 1460 g/mol. The van der Waals surface area contributed by atoms with Crippen molar-refractivity contribution < 1.29 is 83.9 Å². The van der Waals surface area contributed by atoms with E-state index in [1.165, 1.54) is 56.0 Å². The van der Waals surface area contributed by atoms with Crippen LogP contribution in [0.15, 0.2) is 42.5 Å². The molecule has 566 valence electrons. The molecule has 1 saturated carbocycles. The summed E-state index contributed by atoms with van der Waals surface area (Å²) in [5, 5.41) is 7.76. The number of halogens is 7. The molecule has 3 saturated heterocycles. The van der Waals surface area contributed by atoms with E-state index in [1.807, 2.05) is 13.8 Å². The van der Waals surface area contributed by atoms with Crippen molar-refractivity contribution in [2.24, 2.45) is 17.8 Å². The normalized spacial score (nSPS) is 24.7. The number of carbonyl (C=O) groups is 12. The van der Waals surface area contributed by atoms with Crippen LogP contribution in [0.4, 0.5) is 26.3 Å². The van der Waals surface area contributed by atoms with Crippen LogP contribution in [0.3, 0.4) is 0 Å².